The molecule has 0 aliphatic heterocycles. The quantitative estimate of drug-likeness (QED) is 0.241. The minimum Gasteiger partial charge on any atom is -1.00 e. The van der Waals surface area contributed by atoms with Crippen LogP contribution in [0.5, 0.6) is 5.75 Å². The van der Waals surface area contributed by atoms with E-state index in [1.165, 1.54) is 5.56 Å². The van der Waals surface area contributed by atoms with Crippen LogP contribution in [0.25, 0.3) is 0 Å². The number of halogens is 2. The molecule has 0 radical (unpaired) electrons. The van der Waals surface area contributed by atoms with E-state index in [9.17, 15) is 4.79 Å². The molecule has 0 aliphatic rings. The second-order valence-corrected chi connectivity index (χ2v) is 6.57. The van der Waals surface area contributed by atoms with Gasteiger partial charge in [0.25, 0.3) is 0 Å². The Morgan fingerprint density at radius 2 is 1.55 bits per heavy atom. The molecule has 0 aliphatic carbocycles. The van der Waals surface area contributed by atoms with Gasteiger partial charge in [0, 0.05) is 19.1 Å². The van der Waals surface area contributed by atoms with Crippen molar-refractivity contribution in [2.75, 3.05) is 40.4 Å². The maximum absolute atomic E-state index is 12.1. The standard InChI is InChI=1S/C22H30N2O3.2ClH/c1-26-20-11-9-18(10-12-20)21(25)13-16-23-14-6-15-24-17-22(27-2)19-7-4-3-5-8-19;;/h3-5,7-12,22-24H,6,13-17H2,1-2H3;2*1H. The maximum Gasteiger partial charge on any atom is 0.168 e. The zero-order chi connectivity index (χ0) is 19.3. The summed E-state index contributed by atoms with van der Waals surface area (Å²) in [7, 11) is 3.39. The molecule has 7 heteroatoms. The van der Waals surface area contributed by atoms with E-state index in [0.29, 0.717) is 6.42 Å². The fourth-order valence-electron chi connectivity index (χ4n) is 3.01. The monoisotopic (exact) mass is 442 g/mol. The number of hydrogen-bond acceptors (Lipinski definition) is 3. The molecule has 0 spiro atoms. The van der Waals surface area contributed by atoms with Gasteiger partial charge in [-0.1, -0.05) is 30.3 Å². The van der Waals surface area contributed by atoms with Gasteiger partial charge in [-0.25, -0.2) is 0 Å². The van der Waals surface area contributed by atoms with Gasteiger partial charge >= 0.3 is 0 Å². The fraction of sp³-hybridized carbons (Fsp3) is 0.409. The van der Waals surface area contributed by atoms with Crippen LogP contribution in [0.4, 0.5) is 0 Å². The Labute approximate surface area is 186 Å². The van der Waals surface area contributed by atoms with Crippen LogP contribution in [0.3, 0.4) is 0 Å². The van der Waals surface area contributed by atoms with E-state index in [2.05, 4.69) is 22.8 Å². The molecule has 0 aromatic heterocycles. The van der Waals surface area contributed by atoms with Gasteiger partial charge in [-0.05, 0) is 29.8 Å². The Bertz CT molecular complexity index is 670. The van der Waals surface area contributed by atoms with E-state index in [-0.39, 0.29) is 36.7 Å². The van der Waals surface area contributed by atoms with Crippen LogP contribution < -0.4 is 40.2 Å². The first-order chi connectivity index (χ1) is 13.2. The van der Waals surface area contributed by atoms with Crippen LogP contribution in [0.1, 0.15) is 34.9 Å². The first-order valence-corrected chi connectivity index (χ1v) is 9.63. The van der Waals surface area contributed by atoms with Crippen molar-refractivity contribution >= 4 is 5.78 Å². The number of ketones is 1. The summed E-state index contributed by atoms with van der Waals surface area (Å²) in [6, 6.07) is 17.6. The van der Waals surface area contributed by atoms with Crippen LogP contribution in [0.2, 0.25) is 0 Å². The lowest BCUT2D eigenvalue weighted by Crippen LogP contribution is -3.00. The number of benzene rings is 2. The topological polar surface area (TPSA) is 68.8 Å². The molecule has 162 valence electrons. The predicted molar refractivity (Wildman–Crippen MR) is 106 cm³/mol. The Hall–Kier alpha value is -1.63. The van der Waals surface area contributed by atoms with E-state index in [1.807, 2.05) is 42.5 Å². The summed E-state index contributed by atoms with van der Waals surface area (Å²) in [5, 5.41) is 4.53. The minimum absolute atomic E-state index is 0. The summed E-state index contributed by atoms with van der Waals surface area (Å²) in [5.41, 5.74) is 1.98. The lowest BCUT2D eigenvalue weighted by Gasteiger charge is -2.14. The highest BCUT2D eigenvalue weighted by atomic mass is 35.5. The van der Waals surface area contributed by atoms with Crippen LogP contribution in [-0.4, -0.2) is 46.2 Å². The normalized spacial score (nSPS) is 11.1. The average molecular weight is 443 g/mol. The fourth-order valence-corrected chi connectivity index (χ4v) is 3.01. The number of carbonyl (C=O) groups is 1. The highest BCUT2D eigenvalue weighted by molar-refractivity contribution is 5.96. The summed E-state index contributed by atoms with van der Waals surface area (Å²) in [6.07, 6.45) is 1.81. The molecule has 0 amide bonds. The summed E-state index contributed by atoms with van der Waals surface area (Å²) in [6.45, 7) is 3.86. The molecule has 1 atom stereocenters. The molecule has 2 aromatic rings. The molecule has 5 nitrogen and oxygen atoms in total. The molecule has 29 heavy (non-hydrogen) atoms. The molecule has 0 saturated heterocycles. The van der Waals surface area contributed by atoms with Crippen LogP contribution in [0.15, 0.2) is 54.6 Å². The number of quaternary nitrogens is 2. The zero-order valence-corrected chi connectivity index (χ0v) is 18.7. The highest BCUT2D eigenvalue weighted by Crippen LogP contribution is 2.13. The number of Topliss-reactive ketones (excluding diaryl/α,β-unsaturated/α-hetero) is 1. The highest BCUT2D eigenvalue weighted by Gasteiger charge is 2.11. The number of nitrogens with two attached hydrogens (primary N) is 2. The predicted octanol–water partition coefficient (Wildman–Crippen LogP) is -4.82. The zero-order valence-electron chi connectivity index (χ0n) is 17.2. The molecule has 2 rings (SSSR count). The number of rotatable bonds is 13. The van der Waals surface area contributed by atoms with Gasteiger partial charge in [0.2, 0.25) is 0 Å². The van der Waals surface area contributed by atoms with Crippen molar-refractivity contribution in [1.82, 2.24) is 0 Å². The Morgan fingerprint density at radius 3 is 2.17 bits per heavy atom. The van der Waals surface area contributed by atoms with E-state index >= 15 is 0 Å². The SMILES string of the molecule is COc1ccc(C(=O)CC[NH2+]CCC[NH2+]CC(OC)c2ccccc2)cc1.[Cl-].[Cl-]. The van der Waals surface area contributed by atoms with E-state index in [4.69, 9.17) is 9.47 Å². The molecule has 2 aromatic carbocycles. The van der Waals surface area contributed by atoms with E-state index in [1.54, 1.807) is 14.2 Å². The van der Waals surface area contributed by atoms with Gasteiger partial charge < -0.3 is 44.9 Å². The van der Waals surface area contributed by atoms with Gasteiger partial charge in [-0.3, -0.25) is 4.79 Å². The second-order valence-electron chi connectivity index (χ2n) is 6.57. The van der Waals surface area contributed by atoms with Gasteiger partial charge in [-0.15, -0.1) is 0 Å². The third-order valence-electron chi connectivity index (χ3n) is 4.64. The third kappa shape index (κ3) is 10.1. The molecule has 0 heterocycles. The van der Waals surface area contributed by atoms with Gasteiger partial charge in [0.1, 0.15) is 18.4 Å². The first-order valence-electron chi connectivity index (χ1n) is 9.63. The largest absolute Gasteiger partial charge is 1.00 e. The molecular weight excluding hydrogens is 411 g/mol. The number of hydrogen-bond donors (Lipinski definition) is 2. The van der Waals surface area contributed by atoms with Gasteiger partial charge in [-0.2, -0.15) is 0 Å². The van der Waals surface area contributed by atoms with Crippen molar-refractivity contribution in [2.45, 2.75) is 18.9 Å². The number of ether oxygens (including phenoxy) is 2. The molecule has 0 fully saturated rings. The minimum atomic E-state index is 0. The lowest BCUT2D eigenvalue weighted by atomic mass is 10.1. The summed E-state index contributed by atoms with van der Waals surface area (Å²) in [4.78, 5) is 12.1. The second kappa shape index (κ2) is 16.2. The Balaban J connectivity index is 0.00000392. The molecule has 1 unspecified atom stereocenters. The summed E-state index contributed by atoms with van der Waals surface area (Å²) >= 11 is 0. The van der Waals surface area contributed by atoms with Crippen LogP contribution >= 0.6 is 0 Å². The van der Waals surface area contributed by atoms with Crippen LogP contribution in [0, 0.1) is 0 Å². The van der Waals surface area contributed by atoms with Crippen molar-refractivity contribution in [3.8, 4) is 5.75 Å². The van der Waals surface area contributed by atoms with Crippen molar-refractivity contribution < 1.29 is 49.7 Å². The summed E-state index contributed by atoms with van der Waals surface area (Å²) < 4.78 is 10.7. The molecule has 0 saturated carbocycles. The Morgan fingerprint density at radius 1 is 0.897 bits per heavy atom. The van der Waals surface area contributed by atoms with E-state index < -0.39 is 0 Å². The third-order valence-corrected chi connectivity index (χ3v) is 4.64. The molecule has 0 bridgehead atoms. The Kier molecular flexibility index (Phi) is 15.3. The summed E-state index contributed by atoms with van der Waals surface area (Å²) in [5.74, 6) is 0.962. The van der Waals surface area contributed by atoms with Gasteiger partial charge in [0.15, 0.2) is 5.78 Å². The van der Waals surface area contributed by atoms with Crippen molar-refractivity contribution in [3.63, 3.8) is 0 Å². The lowest BCUT2D eigenvalue weighted by molar-refractivity contribution is -0.683. The molecular formula is C22H32Cl2N2O3. The van der Waals surface area contributed by atoms with Crippen molar-refractivity contribution in [1.29, 1.82) is 0 Å². The number of carbonyl (C=O) groups excluding carboxylic acids is 1. The van der Waals surface area contributed by atoms with Gasteiger partial charge in [0.05, 0.1) is 33.2 Å². The molecule has 4 N–H and O–H groups in total. The smallest absolute Gasteiger partial charge is 0.168 e. The van der Waals surface area contributed by atoms with Crippen molar-refractivity contribution in [2.24, 2.45) is 0 Å². The van der Waals surface area contributed by atoms with Crippen LogP contribution in [-0.2, 0) is 4.74 Å². The van der Waals surface area contributed by atoms with E-state index in [0.717, 1.165) is 43.9 Å². The average Bonchev–Trinajstić information content (AvgIpc) is 2.73. The first kappa shape index (κ1) is 27.4. The van der Waals surface area contributed by atoms with Crippen molar-refractivity contribution in [3.05, 3.63) is 65.7 Å². The maximum atomic E-state index is 12.1. The number of methoxy groups -OCH3 is 2.